The summed E-state index contributed by atoms with van der Waals surface area (Å²) in [6, 6.07) is 6.20. The molecule has 0 saturated carbocycles. The quantitative estimate of drug-likeness (QED) is 0.291. The molecule has 1 aromatic rings. The summed E-state index contributed by atoms with van der Waals surface area (Å²) in [5.41, 5.74) is 0.0332. The van der Waals surface area contributed by atoms with Gasteiger partial charge in [-0.05, 0) is 38.3 Å². The van der Waals surface area contributed by atoms with Crippen LogP contribution in [0.15, 0.2) is 29.2 Å². The Morgan fingerprint density at radius 1 is 1.32 bits per heavy atom. The van der Waals surface area contributed by atoms with Gasteiger partial charge in [-0.25, -0.2) is 0 Å². The molecular formula is C19H27N3O5S. The van der Waals surface area contributed by atoms with Crippen LogP contribution in [-0.2, 0) is 14.3 Å². The van der Waals surface area contributed by atoms with E-state index in [1.165, 1.54) is 23.9 Å². The number of nitrogens with one attached hydrogen (secondary N) is 1. The average molecular weight is 410 g/mol. The van der Waals surface area contributed by atoms with Gasteiger partial charge in [0.25, 0.3) is 5.69 Å². The first-order valence-electron chi connectivity index (χ1n) is 9.39. The molecule has 1 aliphatic rings. The highest BCUT2D eigenvalue weighted by atomic mass is 32.2. The van der Waals surface area contributed by atoms with Crippen molar-refractivity contribution in [3.63, 3.8) is 0 Å². The average Bonchev–Trinajstić information content (AvgIpc) is 2.71. The Morgan fingerprint density at radius 2 is 1.96 bits per heavy atom. The number of hydrogen-bond acceptors (Lipinski definition) is 6. The molecule has 1 N–H and O–H groups in total. The lowest BCUT2D eigenvalue weighted by molar-refractivity contribution is -0.384. The first-order chi connectivity index (χ1) is 13.4. The van der Waals surface area contributed by atoms with Gasteiger partial charge in [0.1, 0.15) is 0 Å². The molecule has 9 heteroatoms. The number of piperidine rings is 1. The molecule has 1 aromatic carbocycles. The first kappa shape index (κ1) is 22.2. The third-order valence-corrected chi connectivity index (χ3v) is 5.81. The van der Waals surface area contributed by atoms with E-state index in [4.69, 9.17) is 4.74 Å². The van der Waals surface area contributed by atoms with E-state index in [1.807, 2.05) is 6.92 Å². The first-order valence-corrected chi connectivity index (χ1v) is 10.3. The van der Waals surface area contributed by atoms with Crippen LogP contribution in [0.25, 0.3) is 0 Å². The standard InChI is InChI=1S/C19H27N3O5S/c1-14(28-17-6-4-16(5-7-17)22(25)26)19(24)21-11-8-15(9-12-21)18(23)20-10-3-13-27-2/h4-7,14-15H,3,8-13H2,1-2H3,(H,20,23). The van der Waals surface area contributed by atoms with Crippen LogP contribution in [-0.4, -0.2) is 60.2 Å². The second-order valence-electron chi connectivity index (χ2n) is 6.75. The number of benzene rings is 1. The van der Waals surface area contributed by atoms with Gasteiger partial charge in [0.15, 0.2) is 0 Å². The number of likely N-dealkylation sites (tertiary alicyclic amines) is 1. The van der Waals surface area contributed by atoms with Gasteiger partial charge in [-0.15, -0.1) is 11.8 Å². The van der Waals surface area contributed by atoms with E-state index >= 15 is 0 Å². The lowest BCUT2D eigenvalue weighted by Crippen LogP contribution is -2.45. The number of nitro benzene ring substituents is 1. The van der Waals surface area contributed by atoms with Crippen molar-refractivity contribution in [3.05, 3.63) is 34.4 Å². The maximum atomic E-state index is 12.7. The van der Waals surface area contributed by atoms with Gasteiger partial charge in [-0.2, -0.15) is 0 Å². The number of nitrogens with zero attached hydrogens (tertiary/aromatic N) is 2. The van der Waals surface area contributed by atoms with Gasteiger partial charge in [-0.1, -0.05) is 0 Å². The number of rotatable bonds is 9. The predicted molar refractivity (Wildman–Crippen MR) is 107 cm³/mol. The van der Waals surface area contributed by atoms with Gasteiger partial charge in [0, 0.05) is 56.3 Å². The smallest absolute Gasteiger partial charge is 0.269 e. The minimum absolute atomic E-state index is 0.0299. The van der Waals surface area contributed by atoms with E-state index < -0.39 is 4.92 Å². The fourth-order valence-corrected chi connectivity index (χ4v) is 4.04. The molecule has 0 radical (unpaired) electrons. The highest BCUT2D eigenvalue weighted by Gasteiger charge is 2.29. The summed E-state index contributed by atoms with van der Waals surface area (Å²) in [7, 11) is 1.63. The number of nitro groups is 1. The Morgan fingerprint density at radius 3 is 2.54 bits per heavy atom. The summed E-state index contributed by atoms with van der Waals surface area (Å²) < 4.78 is 4.96. The molecule has 1 fully saturated rings. The summed E-state index contributed by atoms with van der Waals surface area (Å²) in [6.45, 7) is 4.20. The maximum absolute atomic E-state index is 12.7. The minimum atomic E-state index is -0.444. The summed E-state index contributed by atoms with van der Waals surface area (Å²) in [5, 5.41) is 13.3. The van der Waals surface area contributed by atoms with Gasteiger partial charge in [0.2, 0.25) is 11.8 Å². The maximum Gasteiger partial charge on any atom is 0.269 e. The van der Waals surface area contributed by atoms with Crippen LogP contribution in [0.3, 0.4) is 0 Å². The van der Waals surface area contributed by atoms with E-state index in [9.17, 15) is 19.7 Å². The molecule has 0 spiro atoms. The van der Waals surface area contributed by atoms with Gasteiger partial charge in [0.05, 0.1) is 10.2 Å². The van der Waals surface area contributed by atoms with Crippen LogP contribution in [0.2, 0.25) is 0 Å². The second kappa shape index (κ2) is 11.0. The van der Waals surface area contributed by atoms with E-state index in [2.05, 4.69) is 5.32 Å². The molecule has 28 heavy (non-hydrogen) atoms. The molecular weight excluding hydrogens is 382 g/mol. The predicted octanol–water partition coefficient (Wildman–Crippen LogP) is 2.47. The number of carbonyl (C=O) groups excluding carboxylic acids is 2. The lowest BCUT2D eigenvalue weighted by Gasteiger charge is -2.33. The molecule has 1 saturated heterocycles. The zero-order valence-electron chi connectivity index (χ0n) is 16.3. The molecule has 0 bridgehead atoms. The SMILES string of the molecule is COCCCNC(=O)C1CCN(C(=O)C(C)Sc2ccc([N+](=O)[O-])cc2)CC1. The van der Waals surface area contributed by atoms with Gasteiger partial charge in [-0.3, -0.25) is 19.7 Å². The second-order valence-corrected chi connectivity index (χ2v) is 8.16. The van der Waals surface area contributed by atoms with Crippen molar-refractivity contribution in [1.29, 1.82) is 0 Å². The third-order valence-electron chi connectivity index (χ3n) is 4.71. The molecule has 2 amide bonds. The van der Waals surface area contributed by atoms with Crippen molar-refractivity contribution in [1.82, 2.24) is 10.2 Å². The van der Waals surface area contributed by atoms with E-state index in [-0.39, 0.29) is 28.7 Å². The minimum Gasteiger partial charge on any atom is -0.385 e. The van der Waals surface area contributed by atoms with E-state index in [1.54, 1.807) is 24.1 Å². The number of ether oxygens (including phenoxy) is 1. The molecule has 154 valence electrons. The van der Waals surface area contributed by atoms with Crippen LogP contribution in [0.5, 0.6) is 0 Å². The van der Waals surface area contributed by atoms with E-state index in [0.29, 0.717) is 39.1 Å². The summed E-state index contributed by atoms with van der Waals surface area (Å²) in [5.74, 6) is 0.0306. The summed E-state index contributed by atoms with van der Waals surface area (Å²) in [4.78, 5) is 37.8. The van der Waals surface area contributed by atoms with Crippen LogP contribution < -0.4 is 5.32 Å². The Bertz CT molecular complexity index is 675. The normalized spacial score (nSPS) is 15.9. The van der Waals surface area contributed by atoms with E-state index in [0.717, 1.165) is 11.3 Å². The third kappa shape index (κ3) is 6.49. The Hall–Kier alpha value is -2.13. The molecule has 1 unspecified atom stereocenters. The lowest BCUT2D eigenvalue weighted by atomic mass is 9.95. The van der Waals surface area contributed by atoms with Crippen LogP contribution in [0.4, 0.5) is 5.69 Å². The van der Waals surface area contributed by atoms with Gasteiger partial charge < -0.3 is 15.0 Å². The zero-order chi connectivity index (χ0) is 20.5. The molecule has 8 nitrogen and oxygen atoms in total. The zero-order valence-corrected chi connectivity index (χ0v) is 17.1. The number of hydrogen-bond donors (Lipinski definition) is 1. The van der Waals surface area contributed by atoms with Crippen molar-refractivity contribution >= 4 is 29.3 Å². The topological polar surface area (TPSA) is 102 Å². The fraction of sp³-hybridized carbons (Fsp3) is 0.579. The van der Waals surface area contributed by atoms with Crippen LogP contribution in [0.1, 0.15) is 26.2 Å². The largest absolute Gasteiger partial charge is 0.385 e. The van der Waals surface area contributed by atoms with Gasteiger partial charge >= 0.3 is 0 Å². The molecule has 0 aliphatic carbocycles. The highest BCUT2D eigenvalue weighted by molar-refractivity contribution is 8.00. The molecule has 0 aromatic heterocycles. The van der Waals surface area contributed by atoms with Crippen molar-refractivity contribution in [2.75, 3.05) is 33.4 Å². The number of thioether (sulfide) groups is 1. The summed E-state index contributed by atoms with van der Waals surface area (Å²) >= 11 is 1.38. The Kier molecular flexibility index (Phi) is 8.72. The summed E-state index contributed by atoms with van der Waals surface area (Å²) in [6.07, 6.45) is 2.12. The fourth-order valence-electron chi connectivity index (χ4n) is 3.09. The number of non-ortho nitro benzene ring substituents is 1. The molecule has 1 aliphatic heterocycles. The van der Waals surface area contributed by atoms with Crippen LogP contribution >= 0.6 is 11.8 Å². The highest BCUT2D eigenvalue weighted by Crippen LogP contribution is 2.28. The van der Waals surface area contributed by atoms with Crippen molar-refractivity contribution in [2.24, 2.45) is 5.92 Å². The van der Waals surface area contributed by atoms with Crippen molar-refractivity contribution in [2.45, 2.75) is 36.3 Å². The number of amides is 2. The van der Waals surface area contributed by atoms with Crippen molar-refractivity contribution in [3.8, 4) is 0 Å². The molecule has 2 rings (SSSR count). The Balaban J connectivity index is 1.77. The monoisotopic (exact) mass is 409 g/mol. The molecule has 1 atom stereocenters. The number of carbonyl (C=O) groups is 2. The van der Waals surface area contributed by atoms with Crippen molar-refractivity contribution < 1.29 is 19.2 Å². The molecule has 1 heterocycles. The number of methoxy groups -OCH3 is 1. The Labute approximate surface area is 169 Å². The van der Waals surface area contributed by atoms with Crippen LogP contribution in [0, 0.1) is 16.0 Å².